The number of ether oxygens (including phenoxy) is 1. The van der Waals surface area contributed by atoms with Gasteiger partial charge >= 0.3 is 5.97 Å². The van der Waals surface area contributed by atoms with Gasteiger partial charge in [-0.1, -0.05) is 72.4 Å². The lowest BCUT2D eigenvalue weighted by molar-refractivity contribution is -0.141. The molecule has 4 rings (SSSR count). The monoisotopic (exact) mass is 436 g/mol. The van der Waals surface area contributed by atoms with E-state index in [2.05, 4.69) is 4.98 Å². The van der Waals surface area contributed by atoms with Crippen molar-refractivity contribution in [2.75, 3.05) is 5.75 Å². The molecule has 5 nitrogen and oxygen atoms in total. The van der Waals surface area contributed by atoms with E-state index < -0.39 is 0 Å². The summed E-state index contributed by atoms with van der Waals surface area (Å²) in [6.45, 7) is 0.739. The summed E-state index contributed by atoms with van der Waals surface area (Å²) in [5, 5.41) is 2.40. The molecular formula is C23H20N2O3S2. The Kier molecular flexibility index (Phi) is 6.61. The zero-order valence-corrected chi connectivity index (χ0v) is 17.8. The Morgan fingerprint density at radius 1 is 1.00 bits per heavy atom. The molecule has 0 unspecified atom stereocenters. The van der Waals surface area contributed by atoms with Crippen LogP contribution in [-0.2, 0) is 29.1 Å². The first-order valence-electron chi connectivity index (χ1n) is 9.55. The van der Waals surface area contributed by atoms with E-state index in [1.807, 2.05) is 72.1 Å². The quantitative estimate of drug-likeness (QED) is 0.231. The average Bonchev–Trinajstić information content (AvgIpc) is 3.26. The van der Waals surface area contributed by atoms with Crippen molar-refractivity contribution in [2.24, 2.45) is 0 Å². The number of aryl methyl sites for hydroxylation is 1. The van der Waals surface area contributed by atoms with Crippen LogP contribution in [-0.4, -0.2) is 21.3 Å². The lowest BCUT2D eigenvalue weighted by atomic mass is 10.1. The number of rotatable bonds is 8. The van der Waals surface area contributed by atoms with Gasteiger partial charge in [-0.05, 0) is 29.0 Å². The second kappa shape index (κ2) is 9.73. The van der Waals surface area contributed by atoms with Crippen LogP contribution < -0.4 is 5.56 Å². The summed E-state index contributed by atoms with van der Waals surface area (Å²) in [6, 6.07) is 21.4. The summed E-state index contributed by atoms with van der Waals surface area (Å²) in [6.07, 6.45) is 0.714. The van der Waals surface area contributed by atoms with Crippen LogP contribution in [0.5, 0.6) is 0 Å². The van der Waals surface area contributed by atoms with Crippen LogP contribution in [0.2, 0.25) is 0 Å². The van der Waals surface area contributed by atoms with Gasteiger partial charge in [-0.25, -0.2) is 4.98 Å². The Hall–Kier alpha value is -2.90. The van der Waals surface area contributed by atoms with Crippen molar-refractivity contribution in [3.63, 3.8) is 0 Å². The Morgan fingerprint density at radius 2 is 1.70 bits per heavy atom. The standard InChI is InChI=1S/C23H20N2O3S2/c26-20(28-15-18-9-5-2-6-10-18)16-30-23-24-19-12-14-29-21(19)22(27)25(23)13-11-17-7-3-1-4-8-17/h1-10,12,14H,11,13,15-16H2. The number of nitrogens with zero attached hydrogens (tertiary/aromatic N) is 2. The molecule has 2 aromatic heterocycles. The van der Waals surface area contributed by atoms with Crippen LogP contribution in [0.15, 0.2) is 82.1 Å². The van der Waals surface area contributed by atoms with Gasteiger partial charge in [-0.3, -0.25) is 14.2 Å². The highest BCUT2D eigenvalue weighted by Gasteiger charge is 2.15. The highest BCUT2D eigenvalue weighted by Crippen LogP contribution is 2.21. The lowest BCUT2D eigenvalue weighted by Gasteiger charge is -2.12. The van der Waals surface area contributed by atoms with Crippen molar-refractivity contribution < 1.29 is 9.53 Å². The molecule has 0 bridgehead atoms. The minimum Gasteiger partial charge on any atom is -0.460 e. The molecule has 0 saturated heterocycles. The number of hydrogen-bond donors (Lipinski definition) is 0. The number of aromatic nitrogens is 2. The van der Waals surface area contributed by atoms with Gasteiger partial charge in [0.05, 0.1) is 11.3 Å². The van der Waals surface area contributed by atoms with Gasteiger partial charge in [0.25, 0.3) is 5.56 Å². The van der Waals surface area contributed by atoms with Gasteiger partial charge in [0, 0.05) is 6.54 Å². The van der Waals surface area contributed by atoms with Gasteiger partial charge in [-0.15, -0.1) is 11.3 Å². The predicted octanol–water partition coefficient (Wildman–Crippen LogP) is 4.54. The summed E-state index contributed by atoms with van der Waals surface area (Å²) in [4.78, 5) is 29.8. The summed E-state index contributed by atoms with van der Waals surface area (Å²) >= 11 is 2.63. The smallest absolute Gasteiger partial charge is 0.316 e. The maximum Gasteiger partial charge on any atom is 0.316 e. The van der Waals surface area contributed by atoms with Crippen LogP contribution in [0, 0.1) is 0 Å². The molecule has 0 atom stereocenters. The van der Waals surface area contributed by atoms with Crippen LogP contribution >= 0.6 is 23.1 Å². The van der Waals surface area contributed by atoms with E-state index in [-0.39, 0.29) is 23.9 Å². The largest absolute Gasteiger partial charge is 0.460 e. The molecule has 0 aliphatic heterocycles. The Morgan fingerprint density at radius 3 is 2.43 bits per heavy atom. The van der Waals surface area contributed by atoms with Gasteiger partial charge in [0.15, 0.2) is 5.16 Å². The molecule has 30 heavy (non-hydrogen) atoms. The number of esters is 1. The van der Waals surface area contributed by atoms with E-state index in [1.54, 1.807) is 4.57 Å². The highest BCUT2D eigenvalue weighted by atomic mass is 32.2. The molecule has 2 heterocycles. The van der Waals surface area contributed by atoms with Gasteiger partial charge in [0.2, 0.25) is 0 Å². The second-order valence-corrected chi connectivity index (χ2v) is 8.52. The van der Waals surface area contributed by atoms with Crippen molar-refractivity contribution in [1.29, 1.82) is 0 Å². The molecule has 0 spiro atoms. The van der Waals surface area contributed by atoms with Crippen molar-refractivity contribution in [2.45, 2.75) is 24.7 Å². The normalized spacial score (nSPS) is 10.9. The van der Waals surface area contributed by atoms with Gasteiger partial charge in [0.1, 0.15) is 11.3 Å². The minimum absolute atomic E-state index is 0.0638. The van der Waals surface area contributed by atoms with E-state index in [1.165, 1.54) is 23.1 Å². The summed E-state index contributed by atoms with van der Waals surface area (Å²) in [7, 11) is 0. The third kappa shape index (κ3) is 4.98. The zero-order chi connectivity index (χ0) is 20.8. The lowest BCUT2D eigenvalue weighted by Crippen LogP contribution is -2.24. The fourth-order valence-electron chi connectivity index (χ4n) is 3.02. The predicted molar refractivity (Wildman–Crippen MR) is 121 cm³/mol. The number of fused-ring (bicyclic) bond motifs is 1. The van der Waals surface area contributed by atoms with E-state index >= 15 is 0 Å². The number of carbonyl (C=O) groups is 1. The van der Waals surface area contributed by atoms with E-state index in [0.29, 0.717) is 28.3 Å². The molecule has 0 saturated carbocycles. The molecule has 0 fully saturated rings. The summed E-state index contributed by atoms with van der Waals surface area (Å²) < 4.78 is 7.65. The van der Waals surface area contributed by atoms with Crippen molar-refractivity contribution in [3.8, 4) is 0 Å². The van der Waals surface area contributed by atoms with Crippen LogP contribution in [0.25, 0.3) is 10.2 Å². The van der Waals surface area contributed by atoms with Crippen molar-refractivity contribution in [1.82, 2.24) is 9.55 Å². The number of hydrogen-bond acceptors (Lipinski definition) is 6. The molecule has 0 radical (unpaired) electrons. The average molecular weight is 437 g/mol. The van der Waals surface area contributed by atoms with Crippen LogP contribution in [0.1, 0.15) is 11.1 Å². The first-order chi connectivity index (χ1) is 14.7. The third-order valence-corrected chi connectivity index (χ3v) is 6.40. The zero-order valence-electron chi connectivity index (χ0n) is 16.2. The van der Waals surface area contributed by atoms with E-state index in [9.17, 15) is 9.59 Å². The second-order valence-electron chi connectivity index (χ2n) is 6.66. The fraction of sp³-hybridized carbons (Fsp3) is 0.174. The maximum atomic E-state index is 13.0. The molecule has 7 heteroatoms. The Balaban J connectivity index is 1.47. The molecule has 4 aromatic rings. The first kappa shape index (κ1) is 20.4. The SMILES string of the molecule is O=C(CSc1nc2ccsc2c(=O)n1CCc1ccccc1)OCc1ccccc1. The molecule has 0 aliphatic rings. The molecular weight excluding hydrogens is 416 g/mol. The molecule has 0 amide bonds. The molecule has 152 valence electrons. The summed E-state index contributed by atoms with van der Waals surface area (Å²) in [5.41, 5.74) is 2.69. The minimum atomic E-state index is -0.335. The number of carbonyl (C=O) groups excluding carboxylic acids is 1. The van der Waals surface area contributed by atoms with Crippen LogP contribution in [0.4, 0.5) is 0 Å². The van der Waals surface area contributed by atoms with Gasteiger partial charge in [-0.2, -0.15) is 0 Å². The number of thioether (sulfide) groups is 1. The van der Waals surface area contributed by atoms with E-state index in [4.69, 9.17) is 4.74 Å². The van der Waals surface area contributed by atoms with Crippen molar-refractivity contribution >= 4 is 39.3 Å². The Bertz CT molecular complexity index is 1190. The van der Waals surface area contributed by atoms with Crippen LogP contribution in [0.3, 0.4) is 0 Å². The number of thiophene rings is 1. The highest BCUT2D eigenvalue weighted by molar-refractivity contribution is 7.99. The molecule has 0 N–H and O–H groups in total. The fourth-order valence-corrected chi connectivity index (χ4v) is 4.62. The molecule has 2 aromatic carbocycles. The first-order valence-corrected chi connectivity index (χ1v) is 11.4. The van der Waals surface area contributed by atoms with E-state index in [0.717, 1.165) is 11.1 Å². The Labute approximate surface area is 182 Å². The summed E-state index contributed by atoms with van der Waals surface area (Å²) in [5.74, 6) is -0.238. The number of benzene rings is 2. The third-order valence-electron chi connectivity index (χ3n) is 4.56. The van der Waals surface area contributed by atoms with Gasteiger partial charge < -0.3 is 4.74 Å². The maximum absolute atomic E-state index is 13.0. The molecule has 0 aliphatic carbocycles. The topological polar surface area (TPSA) is 61.2 Å². The van der Waals surface area contributed by atoms with Crippen molar-refractivity contribution in [3.05, 3.63) is 93.6 Å².